The Morgan fingerprint density at radius 2 is 2.04 bits per heavy atom. The highest BCUT2D eigenvalue weighted by Gasteiger charge is 2.32. The number of nitrogens with zero attached hydrogens (tertiary/aromatic N) is 2. The number of hydrogen-bond acceptors (Lipinski definition) is 5. The van der Waals surface area contributed by atoms with Gasteiger partial charge in [0.2, 0.25) is 5.91 Å². The van der Waals surface area contributed by atoms with E-state index in [-0.39, 0.29) is 23.2 Å². The molecule has 3 rings (SSSR count). The molecule has 7 heteroatoms. The van der Waals surface area contributed by atoms with Crippen molar-refractivity contribution in [1.29, 1.82) is 0 Å². The molecule has 2 atom stereocenters. The Morgan fingerprint density at radius 3 is 2.70 bits per heavy atom. The van der Waals surface area contributed by atoms with Crippen molar-refractivity contribution in [1.82, 2.24) is 14.9 Å². The monoisotopic (exact) mass is 387 g/mol. The minimum absolute atomic E-state index is 0.0102. The number of benzene rings is 1. The number of ether oxygens (including phenoxy) is 1. The maximum absolute atomic E-state index is 12.7. The van der Waals surface area contributed by atoms with Gasteiger partial charge in [0.15, 0.2) is 0 Å². The molecule has 1 aromatic carbocycles. The predicted molar refractivity (Wildman–Crippen MR) is 107 cm³/mol. The van der Waals surface area contributed by atoms with Crippen molar-refractivity contribution >= 4 is 23.6 Å². The molecule has 2 unspecified atom stereocenters. The average Bonchev–Trinajstić information content (AvgIpc) is 3.22. The summed E-state index contributed by atoms with van der Waals surface area (Å²) in [5.41, 5.74) is 2.32. The minimum Gasteiger partial charge on any atom is -0.465 e. The van der Waals surface area contributed by atoms with Crippen molar-refractivity contribution < 1.29 is 14.3 Å². The Bertz CT molecular complexity index is 803. The normalized spacial score (nSPS) is 18.2. The van der Waals surface area contributed by atoms with Gasteiger partial charge in [0.25, 0.3) is 0 Å². The van der Waals surface area contributed by atoms with Crippen LogP contribution in [-0.4, -0.2) is 51.9 Å². The van der Waals surface area contributed by atoms with Crippen molar-refractivity contribution in [3.63, 3.8) is 0 Å². The summed E-state index contributed by atoms with van der Waals surface area (Å²) in [7, 11) is 1.37. The zero-order chi connectivity index (χ0) is 19.4. The number of aromatic amines is 1. The first-order chi connectivity index (χ1) is 13.0. The highest BCUT2D eigenvalue weighted by Crippen LogP contribution is 2.32. The molecule has 1 amide bonds. The number of H-pyrrole nitrogens is 1. The van der Waals surface area contributed by atoms with E-state index in [2.05, 4.69) is 9.97 Å². The van der Waals surface area contributed by atoms with Crippen LogP contribution in [0.15, 0.2) is 30.5 Å². The second-order valence-electron chi connectivity index (χ2n) is 6.67. The van der Waals surface area contributed by atoms with Crippen LogP contribution < -0.4 is 0 Å². The van der Waals surface area contributed by atoms with Crippen molar-refractivity contribution in [2.45, 2.75) is 37.5 Å². The molecule has 1 aromatic heterocycles. The molecule has 1 saturated heterocycles. The molecular weight excluding hydrogens is 362 g/mol. The molecular formula is C20H25N3O3S. The summed E-state index contributed by atoms with van der Waals surface area (Å²) in [6.07, 6.45) is 6.79. The Morgan fingerprint density at radius 1 is 1.30 bits per heavy atom. The van der Waals surface area contributed by atoms with E-state index in [1.165, 1.54) is 7.11 Å². The molecule has 1 fully saturated rings. The summed E-state index contributed by atoms with van der Waals surface area (Å²) < 4.78 is 4.73. The zero-order valence-electron chi connectivity index (χ0n) is 15.9. The number of esters is 1. The first kappa shape index (κ1) is 19.5. The van der Waals surface area contributed by atoms with Crippen LogP contribution in [-0.2, 0) is 9.53 Å². The largest absolute Gasteiger partial charge is 0.465 e. The zero-order valence-corrected chi connectivity index (χ0v) is 16.7. The van der Waals surface area contributed by atoms with Crippen molar-refractivity contribution in [3.8, 4) is 11.3 Å². The fraction of sp³-hybridized carbons (Fsp3) is 0.450. The van der Waals surface area contributed by atoms with Crippen LogP contribution >= 0.6 is 11.8 Å². The number of amides is 1. The second-order valence-corrected chi connectivity index (χ2v) is 7.85. The van der Waals surface area contributed by atoms with Gasteiger partial charge in [-0.1, -0.05) is 12.1 Å². The molecule has 1 aliphatic rings. The van der Waals surface area contributed by atoms with Crippen LogP contribution in [0.3, 0.4) is 0 Å². The quantitative estimate of drug-likeness (QED) is 0.793. The molecule has 1 N–H and O–H groups in total. The van der Waals surface area contributed by atoms with Crippen LogP contribution in [0.2, 0.25) is 0 Å². The maximum Gasteiger partial charge on any atom is 0.337 e. The lowest BCUT2D eigenvalue weighted by Crippen LogP contribution is -2.42. The molecule has 0 bridgehead atoms. The van der Waals surface area contributed by atoms with E-state index in [1.807, 2.05) is 30.2 Å². The smallest absolute Gasteiger partial charge is 0.337 e. The Hall–Kier alpha value is -2.28. The van der Waals surface area contributed by atoms with E-state index in [0.29, 0.717) is 5.56 Å². The van der Waals surface area contributed by atoms with E-state index < -0.39 is 0 Å². The van der Waals surface area contributed by atoms with E-state index in [9.17, 15) is 9.59 Å². The number of rotatable bonds is 5. The number of likely N-dealkylation sites (tertiary alicyclic amines) is 1. The Kier molecular flexibility index (Phi) is 6.21. The highest BCUT2D eigenvalue weighted by atomic mass is 32.2. The molecule has 0 saturated carbocycles. The summed E-state index contributed by atoms with van der Waals surface area (Å²) in [6.45, 7) is 2.73. The molecule has 144 valence electrons. The molecule has 0 aliphatic carbocycles. The molecule has 27 heavy (non-hydrogen) atoms. The molecule has 1 aliphatic heterocycles. The first-order valence-electron chi connectivity index (χ1n) is 9.12. The van der Waals surface area contributed by atoms with Gasteiger partial charge in [-0.2, -0.15) is 11.8 Å². The second kappa shape index (κ2) is 8.61. The van der Waals surface area contributed by atoms with Gasteiger partial charge in [-0.3, -0.25) is 4.79 Å². The van der Waals surface area contributed by atoms with Gasteiger partial charge in [0, 0.05) is 6.54 Å². The van der Waals surface area contributed by atoms with E-state index in [4.69, 9.17) is 4.74 Å². The Balaban J connectivity index is 1.81. The molecule has 2 aromatic rings. The Labute approximate surface area is 163 Å². The third-order valence-electron chi connectivity index (χ3n) is 5.02. The third-order valence-corrected chi connectivity index (χ3v) is 5.92. The van der Waals surface area contributed by atoms with E-state index in [1.54, 1.807) is 30.1 Å². The summed E-state index contributed by atoms with van der Waals surface area (Å²) in [6, 6.07) is 7.19. The number of aromatic nitrogens is 2. The maximum atomic E-state index is 12.7. The summed E-state index contributed by atoms with van der Waals surface area (Å²) in [5.74, 6) is 0.641. The fourth-order valence-electron chi connectivity index (χ4n) is 3.37. The highest BCUT2D eigenvalue weighted by molar-refractivity contribution is 7.99. The van der Waals surface area contributed by atoms with Gasteiger partial charge < -0.3 is 14.6 Å². The number of piperidine rings is 1. The van der Waals surface area contributed by atoms with Gasteiger partial charge in [-0.25, -0.2) is 9.78 Å². The first-order valence-corrected chi connectivity index (χ1v) is 10.4. The summed E-state index contributed by atoms with van der Waals surface area (Å²) >= 11 is 1.57. The predicted octanol–water partition coefficient (Wildman–Crippen LogP) is 3.67. The fourth-order valence-corrected chi connectivity index (χ4v) is 3.71. The van der Waals surface area contributed by atoms with Gasteiger partial charge >= 0.3 is 5.97 Å². The van der Waals surface area contributed by atoms with Gasteiger partial charge in [-0.05, 0) is 50.1 Å². The summed E-state index contributed by atoms with van der Waals surface area (Å²) in [5, 5.41) is -0.0501. The number of nitrogens with one attached hydrogen (secondary N) is 1. The number of imidazole rings is 1. The van der Waals surface area contributed by atoms with Crippen molar-refractivity contribution in [2.24, 2.45) is 0 Å². The lowest BCUT2D eigenvalue weighted by Gasteiger charge is -2.36. The van der Waals surface area contributed by atoms with Crippen molar-refractivity contribution in [3.05, 3.63) is 41.9 Å². The van der Waals surface area contributed by atoms with Gasteiger partial charge in [0.1, 0.15) is 5.82 Å². The van der Waals surface area contributed by atoms with Crippen LogP contribution in [0.4, 0.5) is 0 Å². The van der Waals surface area contributed by atoms with Crippen molar-refractivity contribution in [2.75, 3.05) is 19.9 Å². The molecule has 0 spiro atoms. The van der Waals surface area contributed by atoms with Crippen LogP contribution in [0.25, 0.3) is 11.3 Å². The third kappa shape index (κ3) is 4.18. The van der Waals surface area contributed by atoms with Crippen LogP contribution in [0, 0.1) is 0 Å². The lowest BCUT2D eigenvalue weighted by molar-refractivity contribution is -0.134. The van der Waals surface area contributed by atoms with Crippen LogP contribution in [0.5, 0.6) is 0 Å². The standard InChI is InChI=1S/C20H25N3O3S/c1-13(27-3)19(24)23-11-5-4-6-17(23)18-21-12-16(22-18)14-7-9-15(10-8-14)20(25)26-2/h7-10,12-13,17H,4-6,11H2,1-3H3,(H,21,22). The average molecular weight is 388 g/mol. The number of methoxy groups -OCH3 is 1. The number of carbonyl (C=O) groups is 2. The lowest BCUT2D eigenvalue weighted by atomic mass is 10.0. The SMILES string of the molecule is COC(=O)c1ccc(-c2cnc(C3CCCCN3C(=O)C(C)SC)[nH]2)cc1. The van der Waals surface area contributed by atoms with E-state index >= 15 is 0 Å². The van der Waals surface area contributed by atoms with Crippen LogP contribution in [0.1, 0.15) is 48.4 Å². The topological polar surface area (TPSA) is 75.3 Å². The molecule has 6 nitrogen and oxygen atoms in total. The molecule has 0 radical (unpaired) electrons. The van der Waals surface area contributed by atoms with Gasteiger partial charge in [-0.15, -0.1) is 0 Å². The van der Waals surface area contributed by atoms with Gasteiger partial charge in [0.05, 0.1) is 35.9 Å². The number of thioether (sulfide) groups is 1. The number of hydrogen-bond donors (Lipinski definition) is 1. The number of carbonyl (C=O) groups excluding carboxylic acids is 2. The minimum atomic E-state index is -0.355. The van der Waals surface area contributed by atoms with E-state index in [0.717, 1.165) is 42.9 Å². The summed E-state index contributed by atoms with van der Waals surface area (Å²) in [4.78, 5) is 34.2. The molecule has 2 heterocycles.